The fourth-order valence-corrected chi connectivity index (χ4v) is 2.26. The zero-order valence-electron chi connectivity index (χ0n) is 7.80. The van der Waals surface area contributed by atoms with E-state index in [4.69, 9.17) is 4.74 Å². The summed E-state index contributed by atoms with van der Waals surface area (Å²) in [5.74, 6) is 0.288. The molecule has 0 bridgehead atoms. The maximum Gasteiger partial charge on any atom is 0.308 e. The van der Waals surface area contributed by atoms with Gasteiger partial charge in [-0.3, -0.25) is 4.79 Å². The molecule has 0 aliphatic carbocycles. The van der Waals surface area contributed by atoms with Crippen molar-refractivity contribution in [3.63, 3.8) is 0 Å². The third kappa shape index (κ3) is 2.27. The average molecular weight is 427 g/mol. The van der Waals surface area contributed by atoms with E-state index >= 15 is 0 Å². The lowest BCUT2D eigenvalue weighted by molar-refractivity contribution is -0.131. The number of halogens is 2. The molecule has 0 aliphatic heterocycles. The summed E-state index contributed by atoms with van der Waals surface area (Å²) in [6, 6.07) is 4.04. The number of carbonyl (C=O) groups is 1. The van der Waals surface area contributed by atoms with Crippen molar-refractivity contribution in [2.24, 2.45) is 0 Å². The number of fused-ring (bicyclic) bond motifs is 1. The summed E-state index contributed by atoms with van der Waals surface area (Å²) in [6.07, 6.45) is 1.71. The van der Waals surface area contributed by atoms with Gasteiger partial charge in [0.25, 0.3) is 0 Å². The van der Waals surface area contributed by atoms with Crippen LogP contribution >= 0.6 is 45.2 Å². The second-order valence-corrected chi connectivity index (χ2v) is 5.38. The highest BCUT2D eigenvalue weighted by atomic mass is 127. The van der Waals surface area contributed by atoms with Crippen LogP contribution in [0.15, 0.2) is 18.3 Å². The van der Waals surface area contributed by atoms with Gasteiger partial charge in [0.1, 0.15) is 0 Å². The highest BCUT2D eigenvalue weighted by Crippen LogP contribution is 2.29. The Labute approximate surface area is 114 Å². The smallest absolute Gasteiger partial charge is 0.308 e. The van der Waals surface area contributed by atoms with Gasteiger partial charge < -0.3 is 9.72 Å². The Hall–Kier alpha value is -0.310. The summed E-state index contributed by atoms with van der Waals surface area (Å²) >= 11 is 4.53. The first-order valence-corrected chi connectivity index (χ1v) is 6.38. The van der Waals surface area contributed by atoms with Crippen LogP contribution in [0.25, 0.3) is 10.9 Å². The third-order valence-electron chi connectivity index (χ3n) is 1.94. The van der Waals surface area contributed by atoms with Gasteiger partial charge in [-0.05, 0) is 57.3 Å². The number of esters is 1. The Balaban J connectivity index is 2.59. The van der Waals surface area contributed by atoms with Crippen LogP contribution in [0.4, 0.5) is 0 Å². The monoisotopic (exact) mass is 427 g/mol. The Morgan fingerprint density at radius 2 is 2.00 bits per heavy atom. The predicted octanol–water partition coefficient (Wildman–Crippen LogP) is 3.30. The zero-order valence-corrected chi connectivity index (χ0v) is 12.1. The Bertz CT molecular complexity index is 533. The maximum absolute atomic E-state index is 10.9. The molecule has 1 heterocycles. The molecule has 0 fully saturated rings. The third-order valence-corrected chi connectivity index (χ3v) is 4.76. The molecule has 0 saturated carbocycles. The molecule has 78 valence electrons. The first kappa shape index (κ1) is 11.2. The number of benzene rings is 1. The number of ether oxygens (including phenoxy) is 1. The minimum Gasteiger partial charge on any atom is -0.424 e. The molecule has 1 aromatic carbocycles. The molecular formula is C10H7I2NO2. The summed E-state index contributed by atoms with van der Waals surface area (Å²) in [5, 5.41) is 0.940. The number of hydrogen-bond acceptors (Lipinski definition) is 2. The van der Waals surface area contributed by atoms with E-state index in [0.29, 0.717) is 5.75 Å². The largest absolute Gasteiger partial charge is 0.424 e. The van der Waals surface area contributed by atoms with Crippen molar-refractivity contribution in [2.75, 3.05) is 0 Å². The zero-order chi connectivity index (χ0) is 11.0. The SMILES string of the molecule is CC(=O)Oc1c[nH]c2cc(I)c(I)cc12. The van der Waals surface area contributed by atoms with E-state index in [-0.39, 0.29) is 5.97 Å². The van der Waals surface area contributed by atoms with Gasteiger partial charge in [0.15, 0.2) is 5.75 Å². The fourth-order valence-electron chi connectivity index (χ4n) is 1.33. The highest BCUT2D eigenvalue weighted by Gasteiger charge is 2.09. The summed E-state index contributed by atoms with van der Waals surface area (Å²) < 4.78 is 7.41. The number of aromatic amines is 1. The van der Waals surface area contributed by atoms with Crippen molar-refractivity contribution in [3.05, 3.63) is 25.5 Å². The molecule has 0 saturated heterocycles. The van der Waals surface area contributed by atoms with Crippen molar-refractivity contribution < 1.29 is 9.53 Å². The Morgan fingerprint density at radius 1 is 1.33 bits per heavy atom. The number of H-pyrrole nitrogens is 1. The van der Waals surface area contributed by atoms with Crippen molar-refractivity contribution >= 4 is 62.1 Å². The highest BCUT2D eigenvalue weighted by molar-refractivity contribution is 14.1. The molecule has 0 atom stereocenters. The number of nitrogens with one attached hydrogen (secondary N) is 1. The topological polar surface area (TPSA) is 42.1 Å². The van der Waals surface area contributed by atoms with Crippen LogP contribution in [0.3, 0.4) is 0 Å². The quantitative estimate of drug-likeness (QED) is 0.561. The average Bonchev–Trinajstić information content (AvgIpc) is 2.49. The first-order chi connectivity index (χ1) is 7.08. The van der Waals surface area contributed by atoms with E-state index in [2.05, 4.69) is 50.2 Å². The van der Waals surface area contributed by atoms with Gasteiger partial charge in [-0.1, -0.05) is 0 Å². The van der Waals surface area contributed by atoms with E-state index in [1.165, 1.54) is 10.5 Å². The molecule has 0 radical (unpaired) electrons. The molecule has 1 N–H and O–H groups in total. The molecule has 15 heavy (non-hydrogen) atoms. The van der Waals surface area contributed by atoms with Gasteiger partial charge in [-0.15, -0.1) is 0 Å². The van der Waals surface area contributed by atoms with Crippen LogP contribution in [0.5, 0.6) is 5.75 Å². The molecule has 0 unspecified atom stereocenters. The predicted molar refractivity (Wildman–Crippen MR) is 75.0 cm³/mol. The summed E-state index contributed by atoms with van der Waals surface area (Å²) in [7, 11) is 0. The van der Waals surface area contributed by atoms with Crippen LogP contribution in [0, 0.1) is 7.14 Å². The van der Waals surface area contributed by atoms with Gasteiger partial charge >= 0.3 is 5.97 Å². The van der Waals surface area contributed by atoms with E-state index in [1.807, 2.05) is 12.1 Å². The number of carbonyl (C=O) groups excluding carboxylic acids is 1. The molecule has 2 rings (SSSR count). The number of hydrogen-bond donors (Lipinski definition) is 1. The van der Waals surface area contributed by atoms with Crippen LogP contribution in [-0.4, -0.2) is 11.0 Å². The lowest BCUT2D eigenvalue weighted by Gasteiger charge is -2.00. The lowest BCUT2D eigenvalue weighted by Crippen LogP contribution is -2.00. The van der Waals surface area contributed by atoms with E-state index in [9.17, 15) is 4.79 Å². The summed E-state index contributed by atoms with van der Waals surface area (Å²) in [4.78, 5) is 13.9. The second kappa shape index (κ2) is 4.28. The van der Waals surface area contributed by atoms with Crippen molar-refractivity contribution in [1.29, 1.82) is 0 Å². The molecule has 5 heteroatoms. The minimum atomic E-state index is -0.301. The van der Waals surface area contributed by atoms with E-state index in [1.54, 1.807) is 6.20 Å². The fraction of sp³-hybridized carbons (Fsp3) is 0.100. The van der Waals surface area contributed by atoms with Crippen molar-refractivity contribution in [2.45, 2.75) is 6.92 Å². The van der Waals surface area contributed by atoms with Crippen LogP contribution in [-0.2, 0) is 4.79 Å². The van der Waals surface area contributed by atoms with Gasteiger partial charge in [-0.25, -0.2) is 0 Å². The van der Waals surface area contributed by atoms with Crippen molar-refractivity contribution in [1.82, 2.24) is 4.98 Å². The lowest BCUT2D eigenvalue weighted by atomic mass is 10.2. The minimum absolute atomic E-state index is 0.301. The van der Waals surface area contributed by atoms with Gasteiger partial charge in [0, 0.05) is 25.6 Å². The maximum atomic E-state index is 10.9. The first-order valence-electron chi connectivity index (χ1n) is 4.22. The molecule has 2 aromatic rings. The summed E-state index contributed by atoms with van der Waals surface area (Å²) in [5.41, 5.74) is 0.982. The van der Waals surface area contributed by atoms with E-state index in [0.717, 1.165) is 14.5 Å². The van der Waals surface area contributed by atoms with Gasteiger partial charge in [0.05, 0.1) is 5.52 Å². The molecule has 0 aliphatic rings. The molecule has 0 amide bonds. The molecule has 0 spiro atoms. The number of aromatic nitrogens is 1. The molecular weight excluding hydrogens is 420 g/mol. The van der Waals surface area contributed by atoms with Crippen LogP contribution < -0.4 is 4.74 Å². The summed E-state index contributed by atoms with van der Waals surface area (Å²) in [6.45, 7) is 1.40. The standard InChI is InChI=1S/C10H7I2NO2/c1-5(14)15-10-4-13-9-3-8(12)7(11)2-6(9)10/h2-4,13H,1H3. The van der Waals surface area contributed by atoms with Crippen molar-refractivity contribution in [3.8, 4) is 5.75 Å². The van der Waals surface area contributed by atoms with E-state index < -0.39 is 0 Å². The Morgan fingerprint density at radius 3 is 2.67 bits per heavy atom. The number of rotatable bonds is 1. The molecule has 1 aromatic heterocycles. The normalized spacial score (nSPS) is 10.6. The van der Waals surface area contributed by atoms with Gasteiger partial charge in [0.2, 0.25) is 0 Å². The molecule has 3 nitrogen and oxygen atoms in total. The second-order valence-electron chi connectivity index (χ2n) is 3.06. The Kier molecular flexibility index (Phi) is 3.19. The van der Waals surface area contributed by atoms with Crippen LogP contribution in [0.2, 0.25) is 0 Å². The van der Waals surface area contributed by atoms with Gasteiger partial charge in [-0.2, -0.15) is 0 Å². The van der Waals surface area contributed by atoms with Crippen LogP contribution in [0.1, 0.15) is 6.92 Å².